The van der Waals surface area contributed by atoms with E-state index in [1.807, 2.05) is 72.9 Å². The summed E-state index contributed by atoms with van der Waals surface area (Å²) in [7, 11) is 0. The smallest absolute Gasteiger partial charge is 0.283 e. The number of amidine groups is 1. The quantitative estimate of drug-likeness (QED) is 0.343. The molecule has 2 heterocycles. The molecule has 2 amide bonds. The molecule has 0 aliphatic carbocycles. The molecular formula is C26H19ClN4O2S. The Kier molecular flexibility index (Phi) is 6.20. The number of hydrogen-bond donors (Lipinski definition) is 2. The number of nitrogens with one attached hydrogen (secondary N) is 2. The van der Waals surface area contributed by atoms with Crippen LogP contribution in [0.1, 0.15) is 5.56 Å². The van der Waals surface area contributed by atoms with Gasteiger partial charge in [-0.1, -0.05) is 59.8 Å². The van der Waals surface area contributed by atoms with Gasteiger partial charge in [0, 0.05) is 22.4 Å². The maximum absolute atomic E-state index is 13.2. The van der Waals surface area contributed by atoms with Crippen molar-refractivity contribution in [2.45, 2.75) is 0 Å². The highest BCUT2D eigenvalue weighted by molar-refractivity contribution is 8.14. The third-order valence-electron chi connectivity index (χ3n) is 5.17. The highest BCUT2D eigenvalue weighted by atomic mass is 35.5. The molecule has 0 unspecified atom stereocenters. The number of carbonyl (C=O) groups excluding carboxylic acids is 2. The number of benzene rings is 3. The first-order valence-corrected chi connectivity index (χ1v) is 11.9. The summed E-state index contributed by atoms with van der Waals surface area (Å²) in [4.78, 5) is 35.1. The lowest BCUT2D eigenvalue weighted by Crippen LogP contribution is -2.31. The summed E-state index contributed by atoms with van der Waals surface area (Å²) in [5.41, 5.74) is 3.39. The van der Waals surface area contributed by atoms with Gasteiger partial charge in [0.2, 0.25) is 5.91 Å². The van der Waals surface area contributed by atoms with Crippen LogP contribution in [0.3, 0.4) is 0 Å². The van der Waals surface area contributed by atoms with Crippen molar-refractivity contribution in [1.82, 2.24) is 4.98 Å². The molecule has 0 radical (unpaired) electrons. The minimum atomic E-state index is -0.258. The Hall–Kier alpha value is -3.81. The number of hydrogen-bond acceptors (Lipinski definition) is 4. The predicted molar refractivity (Wildman–Crippen MR) is 140 cm³/mol. The number of aromatic nitrogens is 1. The van der Waals surface area contributed by atoms with Crippen LogP contribution in [-0.2, 0) is 9.59 Å². The number of nitrogens with zero attached hydrogens (tertiary/aromatic N) is 2. The van der Waals surface area contributed by atoms with Gasteiger partial charge < -0.3 is 10.3 Å². The molecule has 1 aromatic heterocycles. The van der Waals surface area contributed by atoms with Gasteiger partial charge in [-0.25, -0.2) is 4.99 Å². The lowest BCUT2D eigenvalue weighted by Gasteiger charge is -2.17. The maximum Gasteiger partial charge on any atom is 0.283 e. The fraction of sp³-hybridized carbons (Fsp3) is 0.0385. The van der Waals surface area contributed by atoms with Gasteiger partial charge in [0.25, 0.3) is 5.91 Å². The molecule has 0 fully saturated rings. The Bertz CT molecular complexity index is 1450. The fourth-order valence-corrected chi connectivity index (χ4v) is 4.62. The average Bonchev–Trinajstić information content (AvgIpc) is 3.42. The zero-order chi connectivity index (χ0) is 23.5. The highest BCUT2D eigenvalue weighted by Gasteiger charge is 2.32. The van der Waals surface area contributed by atoms with E-state index in [2.05, 4.69) is 15.3 Å². The first-order valence-electron chi connectivity index (χ1n) is 10.5. The standard InChI is InChI=1S/C26H19ClN4O2S/c27-19-6-4-5-17(13-19)14-23-25(33)31(21-7-2-1-3-8-21)26(30-23)34-16-24(32)29-20-10-9-18-11-12-28-22(18)15-20/h1-15,28H,16H2,(H,29,32)/b23-14-. The lowest BCUT2D eigenvalue weighted by molar-refractivity contribution is -0.114. The topological polar surface area (TPSA) is 77.6 Å². The molecule has 1 aliphatic heterocycles. The number of aliphatic imine (C=N–C) groups is 1. The van der Waals surface area contributed by atoms with Crippen LogP contribution in [0.4, 0.5) is 11.4 Å². The first-order chi connectivity index (χ1) is 16.6. The van der Waals surface area contributed by atoms with E-state index in [1.165, 1.54) is 16.7 Å². The summed E-state index contributed by atoms with van der Waals surface area (Å²) in [6, 6.07) is 24.1. The second kappa shape index (κ2) is 9.59. The monoisotopic (exact) mass is 486 g/mol. The van der Waals surface area contributed by atoms with Crippen molar-refractivity contribution in [1.29, 1.82) is 0 Å². The van der Waals surface area contributed by atoms with Crippen LogP contribution < -0.4 is 10.2 Å². The maximum atomic E-state index is 13.2. The van der Waals surface area contributed by atoms with Crippen LogP contribution in [0.2, 0.25) is 5.02 Å². The van der Waals surface area contributed by atoms with Gasteiger partial charge in [-0.3, -0.25) is 14.5 Å². The number of para-hydroxylation sites is 1. The van der Waals surface area contributed by atoms with Gasteiger partial charge in [-0.15, -0.1) is 0 Å². The lowest BCUT2D eigenvalue weighted by atomic mass is 10.2. The third kappa shape index (κ3) is 4.76. The number of aromatic amines is 1. The number of H-pyrrole nitrogens is 1. The second-order valence-electron chi connectivity index (χ2n) is 7.57. The van der Waals surface area contributed by atoms with Crippen LogP contribution in [0.25, 0.3) is 17.0 Å². The first kappa shape index (κ1) is 22.0. The van der Waals surface area contributed by atoms with Gasteiger partial charge in [-0.2, -0.15) is 0 Å². The summed E-state index contributed by atoms with van der Waals surface area (Å²) >= 11 is 7.29. The average molecular weight is 487 g/mol. The summed E-state index contributed by atoms with van der Waals surface area (Å²) in [6.45, 7) is 0. The van der Waals surface area contributed by atoms with Crippen molar-refractivity contribution in [3.8, 4) is 0 Å². The summed E-state index contributed by atoms with van der Waals surface area (Å²) in [5, 5.41) is 5.00. The summed E-state index contributed by atoms with van der Waals surface area (Å²) in [5.74, 6) is -0.347. The Morgan fingerprint density at radius 2 is 1.91 bits per heavy atom. The fourth-order valence-electron chi connectivity index (χ4n) is 3.60. The van der Waals surface area contributed by atoms with Crippen LogP contribution in [0.15, 0.2) is 95.7 Å². The zero-order valence-electron chi connectivity index (χ0n) is 17.9. The van der Waals surface area contributed by atoms with Crippen molar-refractivity contribution >= 4 is 68.7 Å². The molecule has 2 N–H and O–H groups in total. The Morgan fingerprint density at radius 1 is 1.06 bits per heavy atom. The Balaban J connectivity index is 1.36. The van der Waals surface area contributed by atoms with E-state index in [-0.39, 0.29) is 23.3 Å². The molecule has 8 heteroatoms. The van der Waals surface area contributed by atoms with Crippen molar-refractivity contribution < 1.29 is 9.59 Å². The van der Waals surface area contributed by atoms with Gasteiger partial charge in [0.1, 0.15) is 5.70 Å². The number of anilines is 2. The SMILES string of the molecule is O=C(CSC1=N/C(=C\c2cccc(Cl)c2)C(=O)N1c1ccccc1)Nc1ccc2cc[nH]c2c1. The molecule has 5 rings (SSSR count). The molecule has 0 spiro atoms. The van der Waals surface area contributed by atoms with E-state index in [4.69, 9.17) is 11.6 Å². The van der Waals surface area contributed by atoms with E-state index in [0.717, 1.165) is 16.5 Å². The third-order valence-corrected chi connectivity index (χ3v) is 6.34. The largest absolute Gasteiger partial charge is 0.361 e. The van der Waals surface area contributed by atoms with E-state index < -0.39 is 0 Å². The minimum Gasteiger partial charge on any atom is -0.361 e. The Morgan fingerprint density at radius 3 is 2.74 bits per heavy atom. The molecule has 4 aromatic rings. The number of halogens is 1. The Labute approximate surface area is 205 Å². The normalized spacial score (nSPS) is 14.6. The second-order valence-corrected chi connectivity index (χ2v) is 8.95. The number of carbonyl (C=O) groups is 2. The molecule has 3 aromatic carbocycles. The number of fused-ring (bicyclic) bond motifs is 1. The molecule has 6 nitrogen and oxygen atoms in total. The van der Waals surface area contributed by atoms with Crippen molar-refractivity contribution in [3.63, 3.8) is 0 Å². The van der Waals surface area contributed by atoms with Crippen molar-refractivity contribution in [3.05, 3.63) is 101 Å². The predicted octanol–water partition coefficient (Wildman–Crippen LogP) is 5.94. The summed E-state index contributed by atoms with van der Waals surface area (Å²) in [6.07, 6.45) is 3.55. The number of thioether (sulfide) groups is 1. The number of rotatable bonds is 5. The van der Waals surface area contributed by atoms with E-state index in [1.54, 1.807) is 18.2 Å². The number of amides is 2. The van der Waals surface area contributed by atoms with Gasteiger partial charge in [0.15, 0.2) is 5.17 Å². The molecule has 0 saturated heterocycles. The zero-order valence-corrected chi connectivity index (χ0v) is 19.4. The molecule has 168 valence electrons. The van der Waals surface area contributed by atoms with Crippen molar-refractivity contribution in [2.24, 2.45) is 4.99 Å². The summed E-state index contributed by atoms with van der Waals surface area (Å²) < 4.78 is 0. The van der Waals surface area contributed by atoms with Crippen molar-refractivity contribution in [2.75, 3.05) is 16.0 Å². The van der Waals surface area contributed by atoms with Gasteiger partial charge in [-0.05, 0) is 59.5 Å². The molecule has 0 saturated carbocycles. The van der Waals surface area contributed by atoms with E-state index in [9.17, 15) is 9.59 Å². The van der Waals surface area contributed by atoms with Crippen LogP contribution in [0, 0.1) is 0 Å². The molecule has 0 atom stereocenters. The van der Waals surface area contributed by atoms with Crippen LogP contribution in [-0.4, -0.2) is 27.7 Å². The molecular weight excluding hydrogens is 468 g/mol. The van der Waals surface area contributed by atoms with Crippen LogP contribution in [0.5, 0.6) is 0 Å². The molecule has 34 heavy (non-hydrogen) atoms. The minimum absolute atomic E-state index is 0.0999. The van der Waals surface area contributed by atoms with Gasteiger partial charge in [0.05, 0.1) is 11.4 Å². The van der Waals surface area contributed by atoms with E-state index >= 15 is 0 Å². The van der Waals surface area contributed by atoms with Crippen LogP contribution >= 0.6 is 23.4 Å². The highest BCUT2D eigenvalue weighted by Crippen LogP contribution is 2.29. The molecule has 0 bridgehead atoms. The molecule has 1 aliphatic rings. The van der Waals surface area contributed by atoms with Gasteiger partial charge >= 0.3 is 0 Å². The van der Waals surface area contributed by atoms with E-state index in [0.29, 0.717) is 21.6 Å².